The molecule has 0 aliphatic rings. The number of aromatic nitrogens is 1. The minimum atomic E-state index is 0.621. The fourth-order valence-electron chi connectivity index (χ4n) is 3.00. The summed E-state index contributed by atoms with van der Waals surface area (Å²) in [5.74, 6) is 0. The first-order valence-electron chi connectivity index (χ1n) is 7.68. The van der Waals surface area contributed by atoms with Gasteiger partial charge in [0.05, 0.1) is 5.69 Å². The van der Waals surface area contributed by atoms with Crippen molar-refractivity contribution in [2.45, 2.75) is 0 Å². The van der Waals surface area contributed by atoms with Crippen molar-refractivity contribution in [3.8, 4) is 22.4 Å². The molecule has 24 heavy (non-hydrogen) atoms. The monoisotopic (exact) mass is 331 g/mol. The number of rotatable bonds is 3. The van der Waals surface area contributed by atoms with E-state index in [2.05, 4.69) is 29.2 Å². The molecule has 116 valence electrons. The van der Waals surface area contributed by atoms with Crippen LogP contribution in [0.4, 0.5) is 0 Å². The van der Waals surface area contributed by atoms with Gasteiger partial charge in [-0.15, -0.1) is 0 Å². The zero-order valence-corrected chi connectivity index (χ0v) is 13.5. The summed E-state index contributed by atoms with van der Waals surface area (Å²) >= 11 is 6.06. The SMILES string of the molecule is O=Cc1c(-c2ccc(-c3ccccc3)cc2)[nH]c2ccc(Cl)cc12. The number of carbonyl (C=O) groups excluding carboxylic acids is 1. The molecule has 0 aliphatic carbocycles. The summed E-state index contributed by atoms with van der Waals surface area (Å²) < 4.78 is 0. The Morgan fingerprint density at radius 2 is 1.46 bits per heavy atom. The van der Waals surface area contributed by atoms with E-state index in [1.54, 1.807) is 0 Å². The van der Waals surface area contributed by atoms with Crippen molar-refractivity contribution in [3.05, 3.63) is 83.4 Å². The largest absolute Gasteiger partial charge is 0.354 e. The third kappa shape index (κ3) is 2.51. The summed E-state index contributed by atoms with van der Waals surface area (Å²) in [7, 11) is 0. The molecule has 0 radical (unpaired) electrons. The van der Waals surface area contributed by atoms with Crippen LogP contribution in [-0.4, -0.2) is 11.3 Å². The molecule has 1 aromatic heterocycles. The molecule has 1 N–H and O–H groups in total. The summed E-state index contributed by atoms with van der Waals surface area (Å²) in [6.45, 7) is 0. The summed E-state index contributed by atoms with van der Waals surface area (Å²) in [5, 5.41) is 1.47. The van der Waals surface area contributed by atoms with Crippen LogP contribution in [0.3, 0.4) is 0 Å². The number of fused-ring (bicyclic) bond motifs is 1. The van der Waals surface area contributed by atoms with Crippen molar-refractivity contribution in [3.63, 3.8) is 0 Å². The summed E-state index contributed by atoms with van der Waals surface area (Å²) in [5.41, 5.74) is 5.66. The van der Waals surface area contributed by atoms with Crippen LogP contribution in [0.2, 0.25) is 5.02 Å². The lowest BCUT2D eigenvalue weighted by Gasteiger charge is -2.04. The molecule has 0 saturated carbocycles. The Morgan fingerprint density at radius 1 is 0.792 bits per heavy atom. The second kappa shape index (κ2) is 5.99. The Kier molecular flexibility index (Phi) is 3.68. The molecule has 0 saturated heterocycles. The van der Waals surface area contributed by atoms with E-state index < -0.39 is 0 Å². The minimum absolute atomic E-state index is 0.621. The maximum absolute atomic E-state index is 11.6. The first-order chi connectivity index (χ1) is 11.8. The van der Waals surface area contributed by atoms with Gasteiger partial charge in [-0.05, 0) is 34.9 Å². The molecule has 3 aromatic carbocycles. The van der Waals surface area contributed by atoms with Gasteiger partial charge in [-0.2, -0.15) is 0 Å². The molecular weight excluding hydrogens is 318 g/mol. The van der Waals surface area contributed by atoms with Gasteiger partial charge < -0.3 is 4.98 Å². The van der Waals surface area contributed by atoms with Crippen molar-refractivity contribution in [2.24, 2.45) is 0 Å². The molecule has 0 aliphatic heterocycles. The standard InChI is InChI=1S/C21H14ClNO/c22-17-10-11-20-18(12-17)19(13-24)21(23-20)16-8-6-15(7-9-16)14-4-2-1-3-5-14/h1-13,23H. The minimum Gasteiger partial charge on any atom is -0.354 e. The van der Waals surface area contributed by atoms with E-state index in [1.807, 2.05) is 48.5 Å². The molecule has 2 nitrogen and oxygen atoms in total. The van der Waals surface area contributed by atoms with Gasteiger partial charge in [0, 0.05) is 21.5 Å². The predicted molar refractivity (Wildman–Crippen MR) is 99.6 cm³/mol. The van der Waals surface area contributed by atoms with E-state index in [0.29, 0.717) is 10.6 Å². The van der Waals surface area contributed by atoms with Crippen molar-refractivity contribution >= 4 is 28.8 Å². The van der Waals surface area contributed by atoms with Crippen LogP contribution in [0.1, 0.15) is 10.4 Å². The zero-order chi connectivity index (χ0) is 16.5. The normalized spacial score (nSPS) is 10.9. The quantitative estimate of drug-likeness (QED) is 0.461. The van der Waals surface area contributed by atoms with E-state index in [4.69, 9.17) is 11.6 Å². The summed E-state index contributed by atoms with van der Waals surface area (Å²) in [4.78, 5) is 14.9. The van der Waals surface area contributed by atoms with Gasteiger partial charge in [-0.25, -0.2) is 0 Å². The maximum atomic E-state index is 11.6. The van der Waals surface area contributed by atoms with Crippen LogP contribution >= 0.6 is 11.6 Å². The number of benzene rings is 3. The molecule has 0 spiro atoms. The van der Waals surface area contributed by atoms with Crippen LogP contribution in [0.5, 0.6) is 0 Å². The van der Waals surface area contributed by atoms with Gasteiger partial charge in [0.25, 0.3) is 0 Å². The number of aldehydes is 1. The van der Waals surface area contributed by atoms with Crippen LogP contribution in [0.25, 0.3) is 33.3 Å². The highest BCUT2D eigenvalue weighted by Crippen LogP contribution is 2.32. The average molecular weight is 332 g/mol. The Balaban J connectivity index is 1.82. The topological polar surface area (TPSA) is 32.9 Å². The third-order valence-electron chi connectivity index (χ3n) is 4.20. The van der Waals surface area contributed by atoms with E-state index in [-0.39, 0.29) is 0 Å². The third-order valence-corrected chi connectivity index (χ3v) is 4.43. The predicted octanol–water partition coefficient (Wildman–Crippen LogP) is 5.97. The zero-order valence-electron chi connectivity index (χ0n) is 12.8. The fraction of sp³-hybridized carbons (Fsp3) is 0. The van der Waals surface area contributed by atoms with Crippen molar-refractivity contribution in [1.29, 1.82) is 0 Å². The van der Waals surface area contributed by atoms with E-state index in [9.17, 15) is 4.79 Å². The van der Waals surface area contributed by atoms with Crippen molar-refractivity contribution in [1.82, 2.24) is 4.98 Å². The van der Waals surface area contributed by atoms with Gasteiger partial charge in [0.2, 0.25) is 0 Å². The Labute approximate surface area is 144 Å². The summed E-state index contributed by atoms with van der Waals surface area (Å²) in [6, 6.07) is 23.9. The second-order valence-electron chi connectivity index (χ2n) is 5.66. The number of hydrogen-bond donors (Lipinski definition) is 1. The number of H-pyrrole nitrogens is 1. The Morgan fingerprint density at radius 3 is 2.17 bits per heavy atom. The summed E-state index contributed by atoms with van der Waals surface area (Å²) in [6.07, 6.45) is 0.885. The number of nitrogens with one attached hydrogen (secondary N) is 1. The van der Waals surface area contributed by atoms with Crippen LogP contribution in [-0.2, 0) is 0 Å². The molecule has 1 heterocycles. The average Bonchev–Trinajstić information content (AvgIpc) is 3.00. The van der Waals surface area contributed by atoms with Crippen LogP contribution in [0, 0.1) is 0 Å². The van der Waals surface area contributed by atoms with Crippen LogP contribution < -0.4 is 0 Å². The number of carbonyl (C=O) groups is 1. The van der Waals surface area contributed by atoms with Gasteiger partial charge >= 0.3 is 0 Å². The second-order valence-corrected chi connectivity index (χ2v) is 6.10. The fourth-order valence-corrected chi connectivity index (χ4v) is 3.17. The van der Waals surface area contributed by atoms with Crippen molar-refractivity contribution in [2.75, 3.05) is 0 Å². The molecule has 4 rings (SSSR count). The first kappa shape index (κ1) is 14.7. The lowest BCUT2D eigenvalue weighted by Crippen LogP contribution is -1.85. The smallest absolute Gasteiger partial charge is 0.152 e. The van der Waals surface area contributed by atoms with Gasteiger partial charge in [0.1, 0.15) is 0 Å². The highest BCUT2D eigenvalue weighted by Gasteiger charge is 2.13. The molecule has 0 bridgehead atoms. The number of hydrogen-bond acceptors (Lipinski definition) is 1. The number of halogens is 1. The Hall–Kier alpha value is -2.84. The van der Waals surface area contributed by atoms with Gasteiger partial charge in [-0.1, -0.05) is 66.2 Å². The molecular formula is C21H14ClNO. The maximum Gasteiger partial charge on any atom is 0.152 e. The Bertz CT molecular complexity index is 1020. The van der Waals surface area contributed by atoms with E-state index >= 15 is 0 Å². The first-order valence-corrected chi connectivity index (χ1v) is 8.06. The van der Waals surface area contributed by atoms with Crippen molar-refractivity contribution < 1.29 is 4.79 Å². The van der Waals surface area contributed by atoms with E-state index in [0.717, 1.165) is 34.0 Å². The molecule has 3 heteroatoms. The molecule has 4 aromatic rings. The van der Waals surface area contributed by atoms with Crippen LogP contribution in [0.15, 0.2) is 72.8 Å². The highest BCUT2D eigenvalue weighted by molar-refractivity contribution is 6.31. The van der Waals surface area contributed by atoms with Gasteiger partial charge in [-0.3, -0.25) is 4.79 Å². The lowest BCUT2D eigenvalue weighted by atomic mass is 10.0. The molecule has 0 amide bonds. The molecule has 0 unspecified atom stereocenters. The lowest BCUT2D eigenvalue weighted by molar-refractivity contribution is 0.112. The molecule has 0 atom stereocenters. The van der Waals surface area contributed by atoms with E-state index in [1.165, 1.54) is 5.56 Å². The highest BCUT2D eigenvalue weighted by atomic mass is 35.5. The van der Waals surface area contributed by atoms with Gasteiger partial charge in [0.15, 0.2) is 6.29 Å². The molecule has 0 fully saturated rings. The number of aromatic amines is 1.